The lowest BCUT2D eigenvalue weighted by molar-refractivity contribution is -0.137. The van der Waals surface area contributed by atoms with Gasteiger partial charge in [-0.25, -0.2) is 4.79 Å². The molecular weight excluding hydrogens is 293 g/mol. The largest absolute Gasteiger partial charge is 0.464 e. The van der Waals surface area contributed by atoms with Gasteiger partial charge in [-0.2, -0.15) is 13.2 Å². The summed E-state index contributed by atoms with van der Waals surface area (Å²) in [7, 11) is 1.13. The number of alkyl halides is 3. The molecule has 8 heteroatoms. The maximum Gasteiger partial charge on any atom is 0.417 e. The number of halogens is 3. The van der Waals surface area contributed by atoms with Gasteiger partial charge in [-0.3, -0.25) is 0 Å². The zero-order valence-corrected chi connectivity index (χ0v) is 11.0. The third kappa shape index (κ3) is 2.60. The first-order valence-electron chi connectivity index (χ1n) is 5.41. The summed E-state index contributed by atoms with van der Waals surface area (Å²) in [4.78, 5) is 16.6. The zero-order chi connectivity index (χ0) is 14.9. The van der Waals surface area contributed by atoms with Crippen LogP contribution in [0.25, 0.3) is 11.3 Å². The number of carbonyl (C=O) groups is 1. The smallest absolute Gasteiger partial charge is 0.417 e. The summed E-state index contributed by atoms with van der Waals surface area (Å²) in [6, 6.07) is 4.89. The molecule has 1 heterocycles. The molecule has 0 bridgehead atoms. The fourth-order valence-electron chi connectivity index (χ4n) is 1.79. The van der Waals surface area contributed by atoms with E-state index in [9.17, 15) is 18.0 Å². The lowest BCUT2D eigenvalue weighted by Gasteiger charge is -2.12. The third-order valence-electron chi connectivity index (χ3n) is 2.62. The number of H-pyrrole nitrogens is 2. The highest BCUT2D eigenvalue weighted by molar-refractivity contribution is 7.71. The van der Waals surface area contributed by atoms with Gasteiger partial charge < -0.3 is 14.7 Å². The van der Waals surface area contributed by atoms with Gasteiger partial charge in [-0.1, -0.05) is 18.2 Å². The van der Waals surface area contributed by atoms with Crippen LogP contribution in [0, 0.1) is 4.77 Å². The molecule has 0 amide bonds. The standard InChI is InChI=1S/C12H9F3N2O2S/c1-19-10(18)9-8(16-11(20)17-9)6-4-2-3-5-7(6)12(13,14)15/h2-5H,1H3,(H2,16,17,20). The SMILES string of the molecule is COC(=O)c1[nH]c(=S)[nH]c1-c1ccccc1C(F)(F)F. The molecule has 0 aliphatic rings. The Labute approximate surface area is 116 Å². The number of methoxy groups -OCH3 is 1. The minimum Gasteiger partial charge on any atom is -0.464 e. The number of aromatic amines is 2. The Kier molecular flexibility index (Phi) is 3.67. The second-order valence-corrected chi connectivity index (χ2v) is 4.27. The van der Waals surface area contributed by atoms with Crippen molar-refractivity contribution in [2.45, 2.75) is 6.18 Å². The minimum absolute atomic E-state index is 0.0392. The molecule has 0 atom stereocenters. The van der Waals surface area contributed by atoms with E-state index in [1.54, 1.807) is 0 Å². The van der Waals surface area contributed by atoms with E-state index in [0.717, 1.165) is 13.2 Å². The lowest BCUT2D eigenvalue weighted by atomic mass is 10.0. The van der Waals surface area contributed by atoms with Crippen LogP contribution in [0.15, 0.2) is 24.3 Å². The molecule has 0 saturated heterocycles. The van der Waals surface area contributed by atoms with Crippen molar-refractivity contribution in [3.05, 3.63) is 40.3 Å². The maximum absolute atomic E-state index is 13.0. The Morgan fingerprint density at radius 2 is 1.90 bits per heavy atom. The molecule has 0 spiro atoms. The van der Waals surface area contributed by atoms with Crippen LogP contribution >= 0.6 is 12.2 Å². The highest BCUT2D eigenvalue weighted by Crippen LogP contribution is 2.37. The van der Waals surface area contributed by atoms with Crippen LogP contribution < -0.4 is 0 Å². The number of benzene rings is 1. The predicted octanol–water partition coefficient (Wildman–Crippen LogP) is 3.54. The zero-order valence-electron chi connectivity index (χ0n) is 10.2. The lowest BCUT2D eigenvalue weighted by Crippen LogP contribution is -2.09. The predicted molar refractivity (Wildman–Crippen MR) is 67.8 cm³/mol. The van der Waals surface area contributed by atoms with Gasteiger partial charge in [-0.05, 0) is 18.3 Å². The molecule has 2 rings (SSSR count). The van der Waals surface area contributed by atoms with Crippen molar-refractivity contribution in [2.24, 2.45) is 0 Å². The normalized spacial score (nSPS) is 11.4. The molecular formula is C12H9F3N2O2S. The number of rotatable bonds is 2. The highest BCUT2D eigenvalue weighted by Gasteiger charge is 2.34. The van der Waals surface area contributed by atoms with Crippen LogP contribution in [0.3, 0.4) is 0 Å². The fraction of sp³-hybridized carbons (Fsp3) is 0.167. The minimum atomic E-state index is -4.54. The molecule has 1 aromatic heterocycles. The Morgan fingerprint density at radius 1 is 1.25 bits per heavy atom. The number of nitrogens with one attached hydrogen (secondary N) is 2. The number of hydrogen-bond acceptors (Lipinski definition) is 3. The summed E-state index contributed by atoms with van der Waals surface area (Å²) in [6.45, 7) is 0. The first kappa shape index (κ1) is 14.3. The van der Waals surface area contributed by atoms with Crippen LogP contribution in [-0.4, -0.2) is 23.0 Å². The number of hydrogen-bond donors (Lipinski definition) is 2. The summed E-state index contributed by atoms with van der Waals surface area (Å²) < 4.78 is 43.5. The van der Waals surface area contributed by atoms with E-state index < -0.39 is 17.7 Å². The van der Waals surface area contributed by atoms with Crippen LogP contribution in [0.4, 0.5) is 13.2 Å². The monoisotopic (exact) mass is 302 g/mol. The second kappa shape index (κ2) is 5.12. The first-order valence-corrected chi connectivity index (χ1v) is 5.82. The van der Waals surface area contributed by atoms with E-state index in [1.165, 1.54) is 18.2 Å². The van der Waals surface area contributed by atoms with E-state index in [1.807, 2.05) is 0 Å². The number of ether oxygens (including phenoxy) is 1. The van der Waals surface area contributed by atoms with Gasteiger partial charge in [0.05, 0.1) is 18.4 Å². The number of carbonyl (C=O) groups excluding carboxylic acids is 1. The summed E-state index contributed by atoms with van der Waals surface area (Å²) >= 11 is 4.82. The van der Waals surface area contributed by atoms with Gasteiger partial charge >= 0.3 is 12.1 Å². The second-order valence-electron chi connectivity index (χ2n) is 3.86. The van der Waals surface area contributed by atoms with E-state index in [0.29, 0.717) is 0 Å². The topological polar surface area (TPSA) is 57.9 Å². The molecule has 1 aromatic carbocycles. The Morgan fingerprint density at radius 3 is 2.50 bits per heavy atom. The summed E-state index contributed by atoms with van der Waals surface area (Å²) in [5, 5.41) is 0. The summed E-state index contributed by atoms with van der Waals surface area (Å²) in [5.41, 5.74) is -1.23. The van der Waals surface area contributed by atoms with Gasteiger partial charge in [-0.15, -0.1) is 0 Å². The summed E-state index contributed by atoms with van der Waals surface area (Å²) in [6.07, 6.45) is -4.54. The van der Waals surface area contributed by atoms with Crippen molar-refractivity contribution in [1.29, 1.82) is 0 Å². The summed E-state index contributed by atoms with van der Waals surface area (Å²) in [5.74, 6) is -0.802. The third-order valence-corrected chi connectivity index (χ3v) is 2.82. The van der Waals surface area contributed by atoms with Crippen LogP contribution in [0.5, 0.6) is 0 Å². The van der Waals surface area contributed by atoms with E-state index in [-0.39, 0.29) is 21.7 Å². The van der Waals surface area contributed by atoms with E-state index in [2.05, 4.69) is 14.7 Å². The molecule has 2 N–H and O–H groups in total. The average molecular weight is 302 g/mol. The van der Waals surface area contributed by atoms with Gasteiger partial charge in [0.2, 0.25) is 0 Å². The van der Waals surface area contributed by atoms with Crippen molar-refractivity contribution in [1.82, 2.24) is 9.97 Å². The van der Waals surface area contributed by atoms with Crippen LogP contribution in [0.1, 0.15) is 16.1 Å². The molecule has 2 aromatic rings. The van der Waals surface area contributed by atoms with Gasteiger partial charge in [0.15, 0.2) is 10.5 Å². The quantitative estimate of drug-likeness (QED) is 0.659. The molecule has 20 heavy (non-hydrogen) atoms. The maximum atomic E-state index is 13.0. The molecule has 0 unspecified atom stereocenters. The number of esters is 1. The molecule has 4 nitrogen and oxygen atoms in total. The average Bonchev–Trinajstić information content (AvgIpc) is 2.79. The van der Waals surface area contributed by atoms with Crippen LogP contribution in [-0.2, 0) is 10.9 Å². The first-order chi connectivity index (χ1) is 9.34. The van der Waals surface area contributed by atoms with Crippen molar-refractivity contribution < 1.29 is 22.7 Å². The van der Waals surface area contributed by atoms with E-state index >= 15 is 0 Å². The van der Waals surface area contributed by atoms with Gasteiger partial charge in [0, 0.05) is 5.56 Å². The molecule has 0 radical (unpaired) electrons. The molecule has 0 aliphatic heterocycles. The molecule has 0 aliphatic carbocycles. The molecule has 0 saturated carbocycles. The highest BCUT2D eigenvalue weighted by atomic mass is 32.1. The Balaban J connectivity index is 2.70. The van der Waals surface area contributed by atoms with Crippen molar-refractivity contribution in [3.8, 4) is 11.3 Å². The van der Waals surface area contributed by atoms with Crippen molar-refractivity contribution in [3.63, 3.8) is 0 Å². The molecule has 0 fully saturated rings. The Bertz CT molecular complexity index is 703. The number of aromatic nitrogens is 2. The van der Waals surface area contributed by atoms with Gasteiger partial charge in [0.1, 0.15) is 0 Å². The van der Waals surface area contributed by atoms with Crippen molar-refractivity contribution >= 4 is 18.2 Å². The Hall–Kier alpha value is -2.09. The molecule has 106 valence electrons. The fourth-order valence-corrected chi connectivity index (χ4v) is 1.99. The van der Waals surface area contributed by atoms with E-state index in [4.69, 9.17) is 12.2 Å². The van der Waals surface area contributed by atoms with Crippen molar-refractivity contribution in [2.75, 3.05) is 7.11 Å². The number of imidazole rings is 1. The van der Waals surface area contributed by atoms with Gasteiger partial charge in [0.25, 0.3) is 0 Å². The van der Waals surface area contributed by atoms with Crippen LogP contribution in [0.2, 0.25) is 0 Å².